The second-order valence-corrected chi connectivity index (χ2v) is 5.87. The standard InChI is InChI=1S/C18H29N3/c1-2-3-4-5-6-7-8-9-12-19-14-16-15-21-18-17(16)11-10-13-20-18/h10-11,13,15,19H,2-9,12,14H2,1H3,(H,20,21). The number of H-pyrrole nitrogens is 1. The molecule has 3 heteroatoms. The predicted octanol–water partition coefficient (Wildman–Crippen LogP) is 4.79. The molecule has 0 aromatic carbocycles. The highest BCUT2D eigenvalue weighted by atomic mass is 14.9. The number of pyridine rings is 1. The molecule has 0 aliphatic rings. The molecule has 3 nitrogen and oxygen atoms in total. The Labute approximate surface area is 128 Å². The molecule has 0 spiro atoms. The van der Waals surface area contributed by atoms with E-state index in [9.17, 15) is 0 Å². The number of nitrogens with zero attached hydrogens (tertiary/aromatic N) is 1. The van der Waals surface area contributed by atoms with Crippen LogP contribution in [0.1, 0.15) is 63.9 Å². The van der Waals surface area contributed by atoms with Crippen LogP contribution in [0.2, 0.25) is 0 Å². The van der Waals surface area contributed by atoms with Crippen LogP contribution in [0.3, 0.4) is 0 Å². The van der Waals surface area contributed by atoms with E-state index < -0.39 is 0 Å². The van der Waals surface area contributed by atoms with Gasteiger partial charge in [0.15, 0.2) is 0 Å². The van der Waals surface area contributed by atoms with Gasteiger partial charge in [-0.2, -0.15) is 0 Å². The second-order valence-electron chi connectivity index (χ2n) is 5.87. The third-order valence-corrected chi connectivity index (χ3v) is 4.06. The smallest absolute Gasteiger partial charge is 0.137 e. The number of nitrogens with one attached hydrogen (secondary N) is 2. The Morgan fingerprint density at radius 3 is 2.62 bits per heavy atom. The summed E-state index contributed by atoms with van der Waals surface area (Å²) in [4.78, 5) is 7.54. The summed E-state index contributed by atoms with van der Waals surface area (Å²) >= 11 is 0. The van der Waals surface area contributed by atoms with Gasteiger partial charge in [0, 0.05) is 24.3 Å². The van der Waals surface area contributed by atoms with Crippen LogP contribution in [-0.2, 0) is 6.54 Å². The van der Waals surface area contributed by atoms with Crippen molar-refractivity contribution in [1.29, 1.82) is 0 Å². The van der Waals surface area contributed by atoms with Gasteiger partial charge in [-0.15, -0.1) is 0 Å². The van der Waals surface area contributed by atoms with Crippen molar-refractivity contribution in [1.82, 2.24) is 15.3 Å². The third kappa shape index (κ3) is 5.50. The highest BCUT2D eigenvalue weighted by Crippen LogP contribution is 2.15. The third-order valence-electron chi connectivity index (χ3n) is 4.06. The van der Waals surface area contributed by atoms with Crippen molar-refractivity contribution in [3.63, 3.8) is 0 Å². The summed E-state index contributed by atoms with van der Waals surface area (Å²) in [5.74, 6) is 0. The molecule has 2 rings (SSSR count). The summed E-state index contributed by atoms with van der Waals surface area (Å²) in [5.41, 5.74) is 2.30. The zero-order valence-corrected chi connectivity index (χ0v) is 13.3. The maximum Gasteiger partial charge on any atom is 0.137 e. The van der Waals surface area contributed by atoms with Gasteiger partial charge in [-0.1, -0.05) is 51.9 Å². The van der Waals surface area contributed by atoms with Gasteiger partial charge < -0.3 is 10.3 Å². The quantitative estimate of drug-likeness (QED) is 0.583. The fraction of sp³-hybridized carbons (Fsp3) is 0.611. The molecule has 0 amide bonds. The first kappa shape index (κ1) is 16.0. The molecule has 2 aromatic heterocycles. The van der Waals surface area contributed by atoms with Crippen LogP contribution >= 0.6 is 0 Å². The van der Waals surface area contributed by atoms with E-state index in [0.29, 0.717) is 0 Å². The van der Waals surface area contributed by atoms with Crippen LogP contribution in [-0.4, -0.2) is 16.5 Å². The van der Waals surface area contributed by atoms with Gasteiger partial charge in [0.1, 0.15) is 5.65 Å². The molecule has 2 N–H and O–H groups in total. The van der Waals surface area contributed by atoms with E-state index in [1.54, 1.807) is 0 Å². The minimum atomic E-state index is 0.933. The topological polar surface area (TPSA) is 40.7 Å². The monoisotopic (exact) mass is 287 g/mol. The van der Waals surface area contributed by atoms with Crippen LogP contribution in [0.5, 0.6) is 0 Å². The van der Waals surface area contributed by atoms with E-state index in [4.69, 9.17) is 0 Å². The molecule has 0 saturated carbocycles. The van der Waals surface area contributed by atoms with E-state index in [-0.39, 0.29) is 0 Å². The van der Waals surface area contributed by atoms with Crippen molar-refractivity contribution in [3.05, 3.63) is 30.1 Å². The first-order chi connectivity index (χ1) is 10.4. The minimum Gasteiger partial charge on any atom is -0.346 e. The number of rotatable bonds is 11. The lowest BCUT2D eigenvalue weighted by Crippen LogP contribution is -2.14. The summed E-state index contributed by atoms with van der Waals surface area (Å²) < 4.78 is 0. The summed E-state index contributed by atoms with van der Waals surface area (Å²) in [6, 6.07) is 4.13. The maximum absolute atomic E-state index is 4.32. The SMILES string of the molecule is CCCCCCCCCCNCc1c[nH]c2ncccc12. The van der Waals surface area contributed by atoms with Gasteiger partial charge in [-0.05, 0) is 30.7 Å². The maximum atomic E-state index is 4.32. The summed E-state index contributed by atoms with van der Waals surface area (Å²) in [6.07, 6.45) is 14.9. The number of aromatic nitrogens is 2. The van der Waals surface area contributed by atoms with E-state index in [0.717, 1.165) is 18.7 Å². The Hall–Kier alpha value is -1.35. The van der Waals surface area contributed by atoms with E-state index >= 15 is 0 Å². The largest absolute Gasteiger partial charge is 0.346 e. The second kappa shape index (κ2) is 9.56. The van der Waals surface area contributed by atoms with E-state index in [2.05, 4.69) is 34.5 Å². The number of hydrogen-bond acceptors (Lipinski definition) is 2. The van der Waals surface area contributed by atoms with Gasteiger partial charge in [0.2, 0.25) is 0 Å². The predicted molar refractivity (Wildman–Crippen MR) is 90.4 cm³/mol. The molecule has 2 aromatic rings. The fourth-order valence-electron chi connectivity index (χ4n) is 2.77. The van der Waals surface area contributed by atoms with Crippen LogP contribution in [0.4, 0.5) is 0 Å². The zero-order valence-electron chi connectivity index (χ0n) is 13.3. The number of fused-ring (bicyclic) bond motifs is 1. The molecule has 116 valence electrons. The minimum absolute atomic E-state index is 0.933. The Kier molecular flexibility index (Phi) is 7.30. The van der Waals surface area contributed by atoms with E-state index in [1.807, 2.05) is 12.3 Å². The molecule has 0 saturated heterocycles. The van der Waals surface area contributed by atoms with Crippen LogP contribution < -0.4 is 5.32 Å². The Morgan fingerprint density at radius 2 is 1.81 bits per heavy atom. The molecule has 2 heterocycles. The average molecular weight is 287 g/mol. The molecular weight excluding hydrogens is 258 g/mol. The van der Waals surface area contributed by atoms with Crippen molar-refractivity contribution in [3.8, 4) is 0 Å². The Balaban J connectivity index is 1.52. The van der Waals surface area contributed by atoms with Crippen LogP contribution in [0.15, 0.2) is 24.5 Å². The lowest BCUT2D eigenvalue weighted by molar-refractivity contribution is 0.555. The molecule has 21 heavy (non-hydrogen) atoms. The molecule has 0 aliphatic carbocycles. The van der Waals surface area contributed by atoms with Gasteiger partial charge in [0.05, 0.1) is 0 Å². The molecule has 0 atom stereocenters. The summed E-state index contributed by atoms with van der Waals surface area (Å²) in [5, 5.41) is 4.78. The molecule has 0 unspecified atom stereocenters. The normalized spacial score (nSPS) is 11.3. The van der Waals surface area contributed by atoms with Crippen LogP contribution in [0.25, 0.3) is 11.0 Å². The van der Waals surface area contributed by atoms with Gasteiger partial charge >= 0.3 is 0 Å². The summed E-state index contributed by atoms with van der Waals surface area (Å²) in [7, 11) is 0. The first-order valence-electron chi connectivity index (χ1n) is 8.53. The molecule has 0 bridgehead atoms. The highest BCUT2D eigenvalue weighted by Gasteiger charge is 2.02. The fourth-order valence-corrected chi connectivity index (χ4v) is 2.77. The zero-order chi connectivity index (χ0) is 14.8. The number of hydrogen-bond donors (Lipinski definition) is 2. The van der Waals surface area contributed by atoms with Crippen molar-refractivity contribution in [2.45, 2.75) is 64.8 Å². The molecule has 0 aliphatic heterocycles. The first-order valence-corrected chi connectivity index (χ1v) is 8.53. The highest BCUT2D eigenvalue weighted by molar-refractivity contribution is 5.79. The molecule has 0 radical (unpaired) electrons. The molecular formula is C18H29N3. The summed E-state index contributed by atoms with van der Waals surface area (Å²) in [6.45, 7) is 4.32. The van der Waals surface area contributed by atoms with E-state index in [1.165, 1.54) is 62.3 Å². The van der Waals surface area contributed by atoms with Crippen molar-refractivity contribution in [2.75, 3.05) is 6.54 Å². The Bertz CT molecular complexity index is 504. The van der Waals surface area contributed by atoms with Gasteiger partial charge in [-0.25, -0.2) is 4.98 Å². The Morgan fingerprint density at radius 1 is 1.05 bits per heavy atom. The number of aromatic amines is 1. The number of unbranched alkanes of at least 4 members (excludes halogenated alkanes) is 7. The lowest BCUT2D eigenvalue weighted by Gasteiger charge is -2.04. The van der Waals surface area contributed by atoms with Gasteiger partial charge in [0.25, 0.3) is 0 Å². The van der Waals surface area contributed by atoms with Crippen molar-refractivity contribution < 1.29 is 0 Å². The van der Waals surface area contributed by atoms with Gasteiger partial charge in [-0.3, -0.25) is 0 Å². The van der Waals surface area contributed by atoms with Crippen molar-refractivity contribution >= 4 is 11.0 Å². The van der Waals surface area contributed by atoms with Crippen LogP contribution in [0, 0.1) is 0 Å². The lowest BCUT2D eigenvalue weighted by atomic mass is 10.1. The van der Waals surface area contributed by atoms with Crippen molar-refractivity contribution in [2.24, 2.45) is 0 Å². The molecule has 0 fully saturated rings. The average Bonchev–Trinajstić information content (AvgIpc) is 2.92.